The van der Waals surface area contributed by atoms with E-state index in [9.17, 15) is 4.79 Å². The fraction of sp³-hybridized carbons (Fsp3) is 0.417. The molecule has 0 saturated heterocycles. The predicted octanol–water partition coefficient (Wildman–Crippen LogP) is 1.92. The molecule has 1 fully saturated rings. The maximum atomic E-state index is 11.9. The average molecular weight is 225 g/mol. The van der Waals surface area contributed by atoms with E-state index < -0.39 is 5.54 Å². The van der Waals surface area contributed by atoms with Gasteiger partial charge in [0.05, 0.1) is 5.02 Å². The molecule has 15 heavy (non-hydrogen) atoms. The molecule has 0 heterocycles. The van der Waals surface area contributed by atoms with E-state index >= 15 is 0 Å². The third-order valence-corrected chi connectivity index (χ3v) is 3.51. The summed E-state index contributed by atoms with van der Waals surface area (Å²) in [7, 11) is 0. The highest BCUT2D eigenvalue weighted by Gasteiger charge is 2.42. The Morgan fingerprint density at radius 2 is 2.00 bits per heavy atom. The van der Waals surface area contributed by atoms with Gasteiger partial charge in [-0.3, -0.25) is 4.79 Å². The standard InChI is InChI=1S/C12H14ClNO/c13-10-6-2-1-5-9(10)12(14)8-4-3-7-11(12)15/h1-2,5-6H,3-4,7-8,14H2/p+1/t12-/m1/s1. The van der Waals surface area contributed by atoms with E-state index in [1.807, 2.05) is 24.3 Å². The van der Waals surface area contributed by atoms with Gasteiger partial charge in [0.2, 0.25) is 0 Å². The summed E-state index contributed by atoms with van der Waals surface area (Å²) in [5.74, 6) is 0.224. The lowest BCUT2D eigenvalue weighted by Gasteiger charge is -2.29. The van der Waals surface area contributed by atoms with Crippen LogP contribution in [0.5, 0.6) is 0 Å². The zero-order chi connectivity index (χ0) is 10.9. The quantitative estimate of drug-likeness (QED) is 0.778. The minimum absolute atomic E-state index is 0.224. The normalized spacial score (nSPS) is 26.7. The lowest BCUT2D eigenvalue weighted by atomic mass is 9.76. The van der Waals surface area contributed by atoms with E-state index in [1.165, 1.54) is 0 Å². The summed E-state index contributed by atoms with van der Waals surface area (Å²) in [5.41, 5.74) is 4.39. The van der Waals surface area contributed by atoms with Gasteiger partial charge >= 0.3 is 0 Å². The van der Waals surface area contributed by atoms with Crippen LogP contribution in [0.1, 0.15) is 31.2 Å². The Bertz CT molecular complexity index is 391. The summed E-state index contributed by atoms with van der Waals surface area (Å²) in [6, 6.07) is 7.53. The number of Topliss-reactive ketones (excluding diaryl/α,β-unsaturated/α-hetero) is 1. The van der Waals surface area contributed by atoms with Crippen molar-refractivity contribution in [3.05, 3.63) is 34.9 Å². The molecule has 2 rings (SSSR count). The molecule has 1 aliphatic carbocycles. The van der Waals surface area contributed by atoms with Crippen LogP contribution in [-0.2, 0) is 10.3 Å². The molecule has 1 atom stereocenters. The molecule has 0 amide bonds. The van der Waals surface area contributed by atoms with Crippen molar-refractivity contribution in [1.82, 2.24) is 0 Å². The zero-order valence-electron chi connectivity index (χ0n) is 8.63. The maximum Gasteiger partial charge on any atom is 0.197 e. The van der Waals surface area contributed by atoms with Crippen molar-refractivity contribution in [2.24, 2.45) is 0 Å². The molecule has 1 aliphatic rings. The van der Waals surface area contributed by atoms with E-state index in [0.29, 0.717) is 11.4 Å². The molecule has 0 bridgehead atoms. The van der Waals surface area contributed by atoms with Gasteiger partial charge < -0.3 is 5.73 Å². The van der Waals surface area contributed by atoms with Gasteiger partial charge in [-0.05, 0) is 18.9 Å². The van der Waals surface area contributed by atoms with Gasteiger partial charge in [-0.2, -0.15) is 0 Å². The molecule has 3 heteroatoms. The Labute approximate surface area is 94.4 Å². The van der Waals surface area contributed by atoms with E-state index in [4.69, 9.17) is 11.6 Å². The maximum absolute atomic E-state index is 11.9. The molecular weight excluding hydrogens is 210 g/mol. The summed E-state index contributed by atoms with van der Waals surface area (Å²) in [6.07, 6.45) is 3.49. The van der Waals surface area contributed by atoms with Crippen LogP contribution in [0.4, 0.5) is 0 Å². The van der Waals surface area contributed by atoms with Crippen molar-refractivity contribution >= 4 is 17.4 Å². The van der Waals surface area contributed by atoms with Crippen LogP contribution in [0.2, 0.25) is 5.02 Å². The van der Waals surface area contributed by atoms with Crippen LogP contribution in [0.15, 0.2) is 24.3 Å². The van der Waals surface area contributed by atoms with Gasteiger partial charge in [-0.1, -0.05) is 29.8 Å². The SMILES string of the molecule is [NH3+][C@@]1(c2ccccc2Cl)CCCCC1=O. The first-order chi connectivity index (χ1) is 7.14. The van der Waals surface area contributed by atoms with Gasteiger partial charge in [0.25, 0.3) is 0 Å². The second-order valence-electron chi connectivity index (χ2n) is 4.19. The van der Waals surface area contributed by atoms with Gasteiger partial charge in [-0.25, -0.2) is 0 Å². The van der Waals surface area contributed by atoms with Crippen molar-refractivity contribution in [3.63, 3.8) is 0 Å². The zero-order valence-corrected chi connectivity index (χ0v) is 9.39. The first kappa shape index (κ1) is 10.7. The van der Waals surface area contributed by atoms with Crippen molar-refractivity contribution < 1.29 is 10.5 Å². The lowest BCUT2D eigenvalue weighted by molar-refractivity contribution is -0.470. The Kier molecular flexibility index (Phi) is 2.81. The summed E-state index contributed by atoms with van der Waals surface area (Å²) < 4.78 is 0. The molecule has 0 aromatic heterocycles. The average Bonchev–Trinajstić information content (AvgIpc) is 2.23. The number of benzene rings is 1. The molecule has 0 spiro atoms. The van der Waals surface area contributed by atoms with Crippen LogP contribution in [0.3, 0.4) is 0 Å². The van der Waals surface area contributed by atoms with E-state index in [0.717, 1.165) is 24.8 Å². The Hall–Kier alpha value is -0.860. The third kappa shape index (κ3) is 1.80. The highest BCUT2D eigenvalue weighted by Crippen LogP contribution is 2.34. The number of rotatable bonds is 1. The summed E-state index contributed by atoms with van der Waals surface area (Å²) in [5, 5.41) is 0.655. The van der Waals surface area contributed by atoms with Crippen LogP contribution < -0.4 is 5.73 Å². The first-order valence-corrected chi connectivity index (χ1v) is 5.66. The molecule has 80 valence electrons. The smallest absolute Gasteiger partial charge is 0.197 e. The summed E-state index contributed by atoms with van der Waals surface area (Å²) in [4.78, 5) is 11.9. The monoisotopic (exact) mass is 224 g/mol. The van der Waals surface area contributed by atoms with Gasteiger partial charge in [0.1, 0.15) is 0 Å². The number of ketones is 1. The molecule has 1 saturated carbocycles. The fourth-order valence-electron chi connectivity index (χ4n) is 2.23. The number of carbonyl (C=O) groups excluding carboxylic acids is 1. The van der Waals surface area contributed by atoms with Crippen LogP contribution in [-0.4, -0.2) is 5.78 Å². The van der Waals surface area contributed by atoms with Gasteiger partial charge in [0.15, 0.2) is 11.3 Å². The molecule has 3 N–H and O–H groups in total. The van der Waals surface area contributed by atoms with Crippen LogP contribution in [0, 0.1) is 0 Å². The summed E-state index contributed by atoms with van der Waals surface area (Å²) in [6.45, 7) is 0. The summed E-state index contributed by atoms with van der Waals surface area (Å²) >= 11 is 6.12. The van der Waals surface area contributed by atoms with E-state index in [1.54, 1.807) is 0 Å². The van der Waals surface area contributed by atoms with Crippen molar-refractivity contribution in [2.45, 2.75) is 31.2 Å². The molecular formula is C12H15ClNO+. The number of hydrogen-bond acceptors (Lipinski definition) is 1. The largest absolute Gasteiger partial charge is 0.343 e. The Morgan fingerprint density at radius 3 is 2.67 bits per heavy atom. The van der Waals surface area contributed by atoms with Crippen LogP contribution in [0.25, 0.3) is 0 Å². The molecule has 0 aliphatic heterocycles. The van der Waals surface area contributed by atoms with E-state index in [-0.39, 0.29) is 5.78 Å². The number of quaternary nitrogens is 1. The Balaban J connectivity index is 2.44. The topological polar surface area (TPSA) is 44.7 Å². The highest BCUT2D eigenvalue weighted by molar-refractivity contribution is 6.31. The van der Waals surface area contributed by atoms with E-state index in [2.05, 4.69) is 5.73 Å². The highest BCUT2D eigenvalue weighted by atomic mass is 35.5. The lowest BCUT2D eigenvalue weighted by Crippen LogP contribution is -2.74. The molecule has 0 radical (unpaired) electrons. The first-order valence-electron chi connectivity index (χ1n) is 5.28. The second kappa shape index (κ2) is 3.95. The van der Waals surface area contributed by atoms with Gasteiger partial charge in [-0.15, -0.1) is 0 Å². The number of carbonyl (C=O) groups is 1. The predicted molar refractivity (Wildman–Crippen MR) is 59.5 cm³/mol. The molecule has 1 aromatic carbocycles. The molecule has 0 unspecified atom stereocenters. The number of halogens is 1. The van der Waals surface area contributed by atoms with Crippen LogP contribution >= 0.6 is 11.6 Å². The van der Waals surface area contributed by atoms with Crippen molar-refractivity contribution in [2.75, 3.05) is 0 Å². The number of hydrogen-bond donors (Lipinski definition) is 1. The van der Waals surface area contributed by atoms with Crippen molar-refractivity contribution in [1.29, 1.82) is 0 Å². The fourth-order valence-corrected chi connectivity index (χ4v) is 2.54. The Morgan fingerprint density at radius 1 is 1.27 bits per heavy atom. The minimum Gasteiger partial charge on any atom is -0.343 e. The third-order valence-electron chi connectivity index (χ3n) is 3.18. The molecule has 2 nitrogen and oxygen atoms in total. The minimum atomic E-state index is -0.601. The van der Waals surface area contributed by atoms with Crippen molar-refractivity contribution in [3.8, 4) is 0 Å². The molecule has 1 aromatic rings. The second-order valence-corrected chi connectivity index (χ2v) is 4.60. The van der Waals surface area contributed by atoms with Gasteiger partial charge in [0, 0.05) is 18.4 Å².